The Balaban J connectivity index is 1.91. The summed E-state index contributed by atoms with van der Waals surface area (Å²) in [5.41, 5.74) is 1.44. The predicted molar refractivity (Wildman–Crippen MR) is 78.9 cm³/mol. The van der Waals surface area contributed by atoms with Gasteiger partial charge in [-0.05, 0) is 31.9 Å². The molecule has 1 aliphatic heterocycles. The molecule has 1 unspecified atom stereocenters. The molecule has 1 aliphatic rings. The molecule has 4 nitrogen and oxygen atoms in total. The van der Waals surface area contributed by atoms with Gasteiger partial charge in [0.05, 0.1) is 16.7 Å². The number of benzene rings is 1. The van der Waals surface area contributed by atoms with Crippen LogP contribution in [0.3, 0.4) is 0 Å². The summed E-state index contributed by atoms with van der Waals surface area (Å²) in [5.74, 6) is 0.0843. The lowest BCUT2D eigenvalue weighted by Crippen LogP contribution is -2.49. The number of rotatable bonds is 2. The molecular formula is C16H20N2O2. The van der Waals surface area contributed by atoms with Gasteiger partial charge < -0.3 is 14.6 Å². The van der Waals surface area contributed by atoms with Crippen LogP contribution < -0.4 is 0 Å². The maximum Gasteiger partial charge on any atom is 0.256 e. The lowest BCUT2D eigenvalue weighted by molar-refractivity contribution is -0.0439. The first-order valence-electron chi connectivity index (χ1n) is 7.03. The van der Waals surface area contributed by atoms with Crippen molar-refractivity contribution in [2.45, 2.75) is 25.4 Å². The van der Waals surface area contributed by atoms with E-state index in [9.17, 15) is 4.79 Å². The number of aromatic nitrogens is 1. The third-order valence-corrected chi connectivity index (χ3v) is 4.26. The number of carbonyl (C=O) groups is 1. The number of H-pyrrole nitrogens is 1. The normalized spacial score (nSPS) is 23.2. The van der Waals surface area contributed by atoms with Gasteiger partial charge in [-0.1, -0.05) is 12.1 Å². The Bertz CT molecular complexity index is 634. The Kier molecular flexibility index (Phi) is 3.26. The average molecular weight is 272 g/mol. The molecule has 1 aromatic heterocycles. The molecule has 0 saturated carbocycles. The van der Waals surface area contributed by atoms with Crippen LogP contribution in [-0.4, -0.2) is 41.6 Å². The number of nitrogens with zero attached hydrogens (tertiary/aromatic N) is 1. The largest absolute Gasteiger partial charge is 0.377 e. The van der Waals surface area contributed by atoms with E-state index >= 15 is 0 Å². The Morgan fingerprint density at radius 3 is 3.05 bits per heavy atom. The molecule has 1 amide bonds. The lowest BCUT2D eigenvalue weighted by Gasteiger charge is -2.39. The smallest absolute Gasteiger partial charge is 0.256 e. The van der Waals surface area contributed by atoms with Gasteiger partial charge in [-0.15, -0.1) is 0 Å². The zero-order chi connectivity index (χ0) is 14.2. The van der Waals surface area contributed by atoms with Crippen molar-refractivity contribution >= 4 is 16.8 Å². The van der Waals surface area contributed by atoms with Crippen molar-refractivity contribution in [1.29, 1.82) is 0 Å². The average Bonchev–Trinajstić information content (AvgIpc) is 2.95. The maximum absolute atomic E-state index is 12.8. The van der Waals surface area contributed by atoms with Crippen molar-refractivity contribution in [1.82, 2.24) is 9.88 Å². The van der Waals surface area contributed by atoms with E-state index in [4.69, 9.17) is 4.74 Å². The molecule has 1 atom stereocenters. The summed E-state index contributed by atoms with van der Waals surface area (Å²) in [4.78, 5) is 17.8. The van der Waals surface area contributed by atoms with Crippen LogP contribution in [0.2, 0.25) is 0 Å². The summed E-state index contributed by atoms with van der Waals surface area (Å²) in [7, 11) is 1.72. The second-order valence-electron chi connectivity index (χ2n) is 5.73. The molecule has 1 saturated heterocycles. The Morgan fingerprint density at radius 1 is 1.40 bits per heavy atom. The van der Waals surface area contributed by atoms with Gasteiger partial charge in [0.2, 0.25) is 0 Å². The molecule has 0 aliphatic carbocycles. The fraction of sp³-hybridized carbons (Fsp3) is 0.438. The van der Waals surface area contributed by atoms with Gasteiger partial charge in [0.1, 0.15) is 0 Å². The van der Waals surface area contributed by atoms with Gasteiger partial charge in [0.25, 0.3) is 5.91 Å². The number of para-hydroxylation sites is 1. The van der Waals surface area contributed by atoms with Crippen LogP contribution in [0.5, 0.6) is 0 Å². The highest BCUT2D eigenvalue weighted by molar-refractivity contribution is 6.05. The van der Waals surface area contributed by atoms with Crippen molar-refractivity contribution in [2.75, 3.05) is 20.2 Å². The van der Waals surface area contributed by atoms with Crippen LogP contribution in [0.4, 0.5) is 0 Å². The molecule has 2 aromatic rings. The number of fused-ring (bicyclic) bond motifs is 1. The Labute approximate surface area is 118 Å². The fourth-order valence-corrected chi connectivity index (χ4v) is 2.98. The van der Waals surface area contributed by atoms with Gasteiger partial charge in [0.15, 0.2) is 0 Å². The number of carbonyl (C=O) groups excluding carboxylic acids is 1. The Hall–Kier alpha value is -1.81. The van der Waals surface area contributed by atoms with Crippen LogP contribution in [0.1, 0.15) is 30.1 Å². The van der Waals surface area contributed by atoms with Gasteiger partial charge in [-0.2, -0.15) is 0 Å². The minimum absolute atomic E-state index is 0.0843. The van der Waals surface area contributed by atoms with E-state index in [1.54, 1.807) is 7.11 Å². The quantitative estimate of drug-likeness (QED) is 0.913. The van der Waals surface area contributed by atoms with E-state index in [1.165, 1.54) is 0 Å². The maximum atomic E-state index is 12.8. The number of ether oxygens (including phenoxy) is 1. The molecule has 20 heavy (non-hydrogen) atoms. The third kappa shape index (κ3) is 2.20. The van der Waals surface area contributed by atoms with E-state index in [1.807, 2.05) is 35.4 Å². The summed E-state index contributed by atoms with van der Waals surface area (Å²) in [6.07, 6.45) is 3.85. The zero-order valence-corrected chi connectivity index (χ0v) is 12.0. The highest BCUT2D eigenvalue weighted by atomic mass is 16.5. The molecule has 2 heterocycles. The molecular weight excluding hydrogens is 252 g/mol. The topological polar surface area (TPSA) is 45.3 Å². The molecule has 3 rings (SSSR count). The molecule has 106 valence electrons. The number of likely N-dealkylation sites (tertiary alicyclic amines) is 1. The molecule has 1 aromatic carbocycles. The first kappa shape index (κ1) is 13.2. The van der Waals surface area contributed by atoms with Crippen molar-refractivity contribution in [3.63, 3.8) is 0 Å². The van der Waals surface area contributed by atoms with E-state index in [0.717, 1.165) is 35.9 Å². The zero-order valence-electron chi connectivity index (χ0n) is 12.0. The SMILES string of the molecule is COC1(C)CCCN(C(=O)c2cccc3cc[nH]c23)C1. The van der Waals surface area contributed by atoms with Crippen molar-refractivity contribution in [3.8, 4) is 0 Å². The monoisotopic (exact) mass is 272 g/mol. The second kappa shape index (κ2) is 4.94. The minimum atomic E-state index is -0.225. The lowest BCUT2D eigenvalue weighted by atomic mass is 9.94. The van der Waals surface area contributed by atoms with Crippen LogP contribution in [-0.2, 0) is 4.74 Å². The van der Waals surface area contributed by atoms with Gasteiger partial charge >= 0.3 is 0 Å². The highest BCUT2D eigenvalue weighted by Crippen LogP contribution is 2.26. The van der Waals surface area contributed by atoms with Gasteiger partial charge in [-0.25, -0.2) is 0 Å². The number of amides is 1. The number of methoxy groups -OCH3 is 1. The van der Waals surface area contributed by atoms with E-state index in [-0.39, 0.29) is 11.5 Å². The number of hydrogen-bond acceptors (Lipinski definition) is 2. The van der Waals surface area contributed by atoms with Crippen molar-refractivity contribution < 1.29 is 9.53 Å². The number of hydrogen-bond donors (Lipinski definition) is 1. The van der Waals surface area contributed by atoms with Crippen LogP contribution >= 0.6 is 0 Å². The molecule has 1 N–H and O–H groups in total. The molecule has 0 spiro atoms. The van der Waals surface area contributed by atoms with Gasteiger partial charge in [0, 0.05) is 31.8 Å². The second-order valence-corrected chi connectivity index (χ2v) is 5.73. The van der Waals surface area contributed by atoms with Gasteiger partial charge in [-0.3, -0.25) is 4.79 Å². The standard InChI is InChI=1S/C16H20N2O2/c1-16(20-2)8-4-10-18(11-16)15(19)13-6-3-5-12-7-9-17-14(12)13/h3,5-7,9,17H,4,8,10-11H2,1-2H3. The Morgan fingerprint density at radius 2 is 2.25 bits per heavy atom. The van der Waals surface area contributed by atoms with E-state index < -0.39 is 0 Å². The van der Waals surface area contributed by atoms with Crippen molar-refractivity contribution in [3.05, 3.63) is 36.0 Å². The minimum Gasteiger partial charge on any atom is -0.377 e. The summed E-state index contributed by atoms with van der Waals surface area (Å²) in [6, 6.07) is 7.82. The summed E-state index contributed by atoms with van der Waals surface area (Å²) >= 11 is 0. The number of piperidine rings is 1. The number of nitrogens with one attached hydrogen (secondary N) is 1. The van der Waals surface area contributed by atoms with Crippen LogP contribution in [0, 0.1) is 0 Å². The van der Waals surface area contributed by atoms with E-state index in [0.29, 0.717) is 6.54 Å². The number of aromatic amines is 1. The summed E-state index contributed by atoms with van der Waals surface area (Å²) < 4.78 is 5.57. The highest BCUT2D eigenvalue weighted by Gasteiger charge is 2.33. The summed E-state index contributed by atoms with van der Waals surface area (Å²) in [6.45, 7) is 3.52. The van der Waals surface area contributed by atoms with E-state index in [2.05, 4.69) is 11.9 Å². The first-order chi connectivity index (χ1) is 9.63. The molecule has 0 radical (unpaired) electrons. The van der Waals surface area contributed by atoms with Crippen molar-refractivity contribution in [2.24, 2.45) is 0 Å². The predicted octanol–water partition coefficient (Wildman–Crippen LogP) is 2.81. The summed E-state index contributed by atoms with van der Waals surface area (Å²) in [5, 5.41) is 1.07. The molecule has 4 heteroatoms. The molecule has 0 bridgehead atoms. The van der Waals surface area contributed by atoms with Crippen LogP contribution in [0.25, 0.3) is 10.9 Å². The molecule has 1 fully saturated rings. The third-order valence-electron chi connectivity index (χ3n) is 4.26. The fourth-order valence-electron chi connectivity index (χ4n) is 2.98. The first-order valence-corrected chi connectivity index (χ1v) is 7.03. The van der Waals surface area contributed by atoms with Crippen LogP contribution in [0.15, 0.2) is 30.5 Å².